The minimum atomic E-state index is -0.0839. The van der Waals surface area contributed by atoms with Crippen LogP contribution < -0.4 is 5.32 Å². The van der Waals surface area contributed by atoms with Gasteiger partial charge in [-0.05, 0) is 38.2 Å². The van der Waals surface area contributed by atoms with E-state index in [0.717, 1.165) is 9.88 Å². The number of rotatable bonds is 5. The predicted molar refractivity (Wildman–Crippen MR) is 79.9 cm³/mol. The molecule has 1 aromatic heterocycles. The van der Waals surface area contributed by atoms with Crippen molar-refractivity contribution in [3.63, 3.8) is 0 Å². The zero-order chi connectivity index (χ0) is 14.5. The fourth-order valence-corrected chi connectivity index (χ4v) is 2.67. The van der Waals surface area contributed by atoms with Crippen molar-refractivity contribution in [1.82, 2.24) is 9.88 Å². The third-order valence-electron chi connectivity index (χ3n) is 2.66. The third-order valence-corrected chi connectivity index (χ3v) is 3.56. The van der Waals surface area contributed by atoms with Gasteiger partial charge in [0.05, 0.1) is 11.6 Å². The van der Waals surface area contributed by atoms with Gasteiger partial charge in [0.25, 0.3) is 0 Å². The summed E-state index contributed by atoms with van der Waals surface area (Å²) in [7, 11) is 1.89. The van der Waals surface area contributed by atoms with Gasteiger partial charge >= 0.3 is 0 Å². The summed E-state index contributed by atoms with van der Waals surface area (Å²) in [6, 6.07) is 6.42. The SMILES string of the molecule is Cc1ncc(CN(C)CC(=O)Nc2ccc(O)cc2)s1. The number of amides is 1. The van der Waals surface area contributed by atoms with Crippen molar-refractivity contribution in [2.24, 2.45) is 0 Å². The Morgan fingerprint density at radius 2 is 2.10 bits per heavy atom. The first-order valence-electron chi connectivity index (χ1n) is 6.21. The van der Waals surface area contributed by atoms with E-state index in [0.29, 0.717) is 18.8 Å². The van der Waals surface area contributed by atoms with Gasteiger partial charge in [-0.1, -0.05) is 0 Å². The van der Waals surface area contributed by atoms with Crippen molar-refractivity contribution < 1.29 is 9.90 Å². The van der Waals surface area contributed by atoms with Crippen molar-refractivity contribution in [3.05, 3.63) is 40.3 Å². The molecule has 0 unspecified atom stereocenters. The molecular weight excluding hydrogens is 274 g/mol. The van der Waals surface area contributed by atoms with Crippen molar-refractivity contribution in [2.45, 2.75) is 13.5 Å². The van der Waals surface area contributed by atoms with Gasteiger partial charge < -0.3 is 10.4 Å². The number of thiazole rings is 1. The Kier molecular flexibility index (Phi) is 4.70. The molecule has 0 bridgehead atoms. The Labute approximate surface area is 121 Å². The van der Waals surface area contributed by atoms with Crippen LogP contribution in [0.4, 0.5) is 5.69 Å². The Morgan fingerprint density at radius 3 is 2.70 bits per heavy atom. The summed E-state index contributed by atoms with van der Waals surface area (Å²) in [5.41, 5.74) is 0.676. The van der Waals surface area contributed by atoms with E-state index in [1.54, 1.807) is 35.6 Å². The molecule has 0 fully saturated rings. The lowest BCUT2D eigenvalue weighted by Gasteiger charge is -2.15. The number of anilines is 1. The molecule has 0 aliphatic carbocycles. The number of nitrogens with zero attached hydrogens (tertiary/aromatic N) is 2. The van der Waals surface area contributed by atoms with Crippen molar-refractivity contribution in [1.29, 1.82) is 0 Å². The number of aromatic hydroxyl groups is 1. The smallest absolute Gasteiger partial charge is 0.238 e. The van der Waals surface area contributed by atoms with Crippen LogP contribution in [-0.2, 0) is 11.3 Å². The molecule has 0 saturated carbocycles. The molecule has 0 aliphatic heterocycles. The predicted octanol–water partition coefficient (Wildman–Crippen LogP) is 2.23. The number of phenols is 1. The van der Waals surface area contributed by atoms with E-state index in [2.05, 4.69) is 10.3 Å². The van der Waals surface area contributed by atoms with E-state index in [1.807, 2.05) is 25.1 Å². The fraction of sp³-hybridized carbons (Fsp3) is 0.286. The molecule has 1 aromatic carbocycles. The maximum absolute atomic E-state index is 11.9. The molecule has 2 rings (SSSR count). The van der Waals surface area contributed by atoms with Gasteiger partial charge in [0.1, 0.15) is 5.75 Å². The molecule has 0 radical (unpaired) electrons. The minimum absolute atomic E-state index is 0.0839. The van der Waals surface area contributed by atoms with Crippen LogP contribution in [0, 0.1) is 6.92 Å². The molecule has 106 valence electrons. The summed E-state index contributed by atoms with van der Waals surface area (Å²) in [5.74, 6) is 0.0973. The second-order valence-corrected chi connectivity index (χ2v) is 5.93. The maximum atomic E-state index is 11.9. The van der Waals surface area contributed by atoms with Crippen LogP contribution >= 0.6 is 11.3 Å². The summed E-state index contributed by atoms with van der Waals surface area (Å²) in [5, 5.41) is 13.0. The van der Waals surface area contributed by atoms with Crippen LogP contribution in [0.3, 0.4) is 0 Å². The first-order chi connectivity index (χ1) is 9.52. The highest BCUT2D eigenvalue weighted by molar-refractivity contribution is 7.11. The average molecular weight is 291 g/mol. The van der Waals surface area contributed by atoms with Crippen LogP contribution in [0.5, 0.6) is 5.75 Å². The van der Waals surface area contributed by atoms with Crippen LogP contribution in [0.2, 0.25) is 0 Å². The Hall–Kier alpha value is -1.92. The van der Waals surface area contributed by atoms with Gasteiger partial charge in [-0.15, -0.1) is 11.3 Å². The Balaban J connectivity index is 1.83. The average Bonchev–Trinajstić information content (AvgIpc) is 2.77. The number of aryl methyl sites for hydroxylation is 1. The van der Waals surface area contributed by atoms with Crippen LogP contribution in [0.1, 0.15) is 9.88 Å². The number of carbonyl (C=O) groups excluding carboxylic acids is 1. The molecule has 1 amide bonds. The fourth-order valence-electron chi connectivity index (χ4n) is 1.79. The van der Waals surface area contributed by atoms with E-state index in [-0.39, 0.29) is 11.7 Å². The van der Waals surface area contributed by atoms with E-state index >= 15 is 0 Å². The maximum Gasteiger partial charge on any atom is 0.238 e. The summed E-state index contributed by atoms with van der Waals surface area (Å²) in [4.78, 5) is 19.1. The molecule has 0 aliphatic rings. The number of likely N-dealkylation sites (N-methyl/N-ethyl adjacent to an activating group) is 1. The first-order valence-corrected chi connectivity index (χ1v) is 7.03. The zero-order valence-electron chi connectivity index (χ0n) is 11.5. The largest absolute Gasteiger partial charge is 0.508 e. The molecule has 2 N–H and O–H groups in total. The van der Waals surface area contributed by atoms with E-state index in [9.17, 15) is 9.90 Å². The minimum Gasteiger partial charge on any atom is -0.508 e. The molecule has 0 atom stereocenters. The summed E-state index contributed by atoms with van der Waals surface area (Å²) in [6.45, 7) is 2.97. The highest BCUT2D eigenvalue weighted by atomic mass is 32.1. The van der Waals surface area contributed by atoms with Crippen LogP contribution in [-0.4, -0.2) is 34.5 Å². The topological polar surface area (TPSA) is 65.5 Å². The number of benzene rings is 1. The van der Waals surface area contributed by atoms with Crippen molar-refractivity contribution in [3.8, 4) is 5.75 Å². The number of phenolic OH excluding ortho intramolecular Hbond substituents is 1. The highest BCUT2D eigenvalue weighted by Gasteiger charge is 2.09. The second-order valence-electron chi connectivity index (χ2n) is 4.61. The molecule has 6 heteroatoms. The van der Waals surface area contributed by atoms with Crippen molar-refractivity contribution in [2.75, 3.05) is 18.9 Å². The Bertz CT molecular complexity index is 580. The lowest BCUT2D eigenvalue weighted by Crippen LogP contribution is -2.29. The third kappa shape index (κ3) is 4.32. The van der Waals surface area contributed by atoms with E-state index < -0.39 is 0 Å². The molecule has 1 heterocycles. The molecule has 2 aromatic rings. The highest BCUT2D eigenvalue weighted by Crippen LogP contribution is 2.15. The lowest BCUT2D eigenvalue weighted by molar-refractivity contribution is -0.117. The van der Waals surface area contributed by atoms with Crippen LogP contribution in [0.25, 0.3) is 0 Å². The van der Waals surface area contributed by atoms with Gasteiger partial charge in [0.2, 0.25) is 5.91 Å². The van der Waals surface area contributed by atoms with Crippen LogP contribution in [0.15, 0.2) is 30.5 Å². The normalized spacial score (nSPS) is 10.8. The van der Waals surface area contributed by atoms with Gasteiger partial charge in [0.15, 0.2) is 0 Å². The van der Waals surface area contributed by atoms with Gasteiger partial charge in [-0.3, -0.25) is 9.69 Å². The number of carbonyl (C=O) groups is 1. The summed E-state index contributed by atoms with van der Waals surface area (Å²) in [6.07, 6.45) is 1.84. The standard InChI is InChI=1S/C14H17N3O2S/c1-10-15-7-13(20-10)8-17(2)9-14(19)16-11-3-5-12(18)6-4-11/h3-7,18H,8-9H2,1-2H3,(H,16,19). The lowest BCUT2D eigenvalue weighted by atomic mass is 10.3. The van der Waals surface area contributed by atoms with E-state index in [4.69, 9.17) is 0 Å². The molecule has 20 heavy (non-hydrogen) atoms. The molecule has 0 spiro atoms. The van der Waals surface area contributed by atoms with Gasteiger partial charge in [0, 0.05) is 23.3 Å². The molecule has 0 saturated heterocycles. The molecular formula is C14H17N3O2S. The quantitative estimate of drug-likeness (QED) is 0.829. The number of nitrogens with one attached hydrogen (secondary N) is 1. The molecule has 5 nitrogen and oxygen atoms in total. The number of aromatic nitrogens is 1. The number of hydrogen-bond donors (Lipinski definition) is 2. The van der Waals surface area contributed by atoms with Gasteiger partial charge in [-0.2, -0.15) is 0 Å². The zero-order valence-corrected chi connectivity index (χ0v) is 12.3. The number of hydrogen-bond acceptors (Lipinski definition) is 5. The van der Waals surface area contributed by atoms with Crippen molar-refractivity contribution >= 4 is 22.9 Å². The van der Waals surface area contributed by atoms with E-state index in [1.165, 1.54) is 0 Å². The monoisotopic (exact) mass is 291 g/mol. The summed E-state index contributed by atoms with van der Waals surface area (Å²) < 4.78 is 0. The second kappa shape index (κ2) is 6.49. The Morgan fingerprint density at radius 1 is 1.40 bits per heavy atom. The van der Waals surface area contributed by atoms with Gasteiger partial charge in [-0.25, -0.2) is 4.98 Å². The summed E-state index contributed by atoms with van der Waals surface area (Å²) >= 11 is 1.64. The first kappa shape index (κ1) is 14.5.